The summed E-state index contributed by atoms with van der Waals surface area (Å²) in [6, 6.07) is 2.83. The Morgan fingerprint density at radius 2 is 2.28 bits per heavy atom. The molecule has 1 saturated heterocycles. The monoisotopic (exact) mass is 269 g/mol. The van der Waals surface area contributed by atoms with Crippen molar-refractivity contribution in [3.8, 4) is 0 Å². The highest BCUT2D eigenvalue weighted by molar-refractivity contribution is 6.18. The van der Waals surface area contributed by atoms with Crippen LogP contribution in [0.2, 0.25) is 0 Å². The van der Waals surface area contributed by atoms with Gasteiger partial charge in [-0.25, -0.2) is 5.10 Å². The molecule has 0 aromatic carbocycles. The van der Waals surface area contributed by atoms with Crippen LogP contribution >= 0.6 is 11.6 Å². The van der Waals surface area contributed by atoms with E-state index in [1.807, 2.05) is 0 Å². The molecule has 1 aliphatic rings. The fraction of sp³-hybridized carbons (Fsp3) is 0.583. The summed E-state index contributed by atoms with van der Waals surface area (Å²) in [6.07, 6.45) is 4.14. The molecule has 0 aliphatic carbocycles. The summed E-state index contributed by atoms with van der Waals surface area (Å²) in [7, 11) is 0. The van der Waals surface area contributed by atoms with Crippen LogP contribution in [0, 0.1) is 0 Å². The number of likely N-dealkylation sites (tertiary alicyclic amines) is 1. The Bertz CT molecular complexity index is 454. The van der Waals surface area contributed by atoms with Gasteiger partial charge in [0.2, 0.25) is 0 Å². The first-order chi connectivity index (χ1) is 8.72. The summed E-state index contributed by atoms with van der Waals surface area (Å²) < 4.78 is 0. The first kappa shape index (κ1) is 13.1. The fourth-order valence-electron chi connectivity index (χ4n) is 2.22. The van der Waals surface area contributed by atoms with Gasteiger partial charge in [0.25, 0.3) is 11.5 Å². The van der Waals surface area contributed by atoms with Gasteiger partial charge in [0.05, 0.1) is 0 Å². The zero-order chi connectivity index (χ0) is 13.0. The van der Waals surface area contributed by atoms with E-state index in [4.69, 9.17) is 11.6 Å². The van der Waals surface area contributed by atoms with Crippen molar-refractivity contribution in [2.75, 3.05) is 12.4 Å². The van der Waals surface area contributed by atoms with Crippen LogP contribution in [0.4, 0.5) is 0 Å². The summed E-state index contributed by atoms with van der Waals surface area (Å²) in [6.45, 7) is 0.705. The van der Waals surface area contributed by atoms with Gasteiger partial charge in [-0.2, -0.15) is 5.10 Å². The van der Waals surface area contributed by atoms with Crippen molar-refractivity contribution in [1.29, 1.82) is 0 Å². The van der Waals surface area contributed by atoms with Gasteiger partial charge in [-0.3, -0.25) is 9.59 Å². The number of nitrogens with one attached hydrogen (secondary N) is 1. The number of aromatic nitrogens is 2. The maximum absolute atomic E-state index is 12.3. The SMILES string of the molecule is O=C(c1ccc(=O)[nH]n1)N1CCCCCC1CCl. The predicted molar refractivity (Wildman–Crippen MR) is 68.9 cm³/mol. The second-order valence-electron chi connectivity index (χ2n) is 4.46. The number of carbonyl (C=O) groups excluding carboxylic acids is 1. The average molecular weight is 270 g/mol. The summed E-state index contributed by atoms with van der Waals surface area (Å²) >= 11 is 5.93. The summed E-state index contributed by atoms with van der Waals surface area (Å²) in [5.74, 6) is 0.286. The smallest absolute Gasteiger partial charge is 0.274 e. The third kappa shape index (κ3) is 2.90. The standard InChI is InChI=1S/C12H16ClN3O2/c13-8-9-4-2-1-3-7-16(9)12(18)10-5-6-11(17)15-14-10/h5-6,9H,1-4,7-8H2,(H,15,17). The molecule has 18 heavy (non-hydrogen) atoms. The molecule has 1 aromatic rings. The highest BCUT2D eigenvalue weighted by Gasteiger charge is 2.26. The van der Waals surface area contributed by atoms with Crippen LogP contribution < -0.4 is 5.56 Å². The van der Waals surface area contributed by atoms with Gasteiger partial charge >= 0.3 is 0 Å². The molecule has 1 atom stereocenters. The van der Waals surface area contributed by atoms with Crippen molar-refractivity contribution in [1.82, 2.24) is 15.1 Å². The van der Waals surface area contributed by atoms with Crippen molar-refractivity contribution in [2.45, 2.75) is 31.7 Å². The van der Waals surface area contributed by atoms with Crippen LogP contribution in [-0.4, -0.2) is 39.5 Å². The van der Waals surface area contributed by atoms with Crippen molar-refractivity contribution < 1.29 is 4.79 Å². The Labute approximate surface area is 110 Å². The Hall–Kier alpha value is -1.36. The van der Waals surface area contributed by atoms with Gasteiger partial charge in [-0.1, -0.05) is 12.8 Å². The topological polar surface area (TPSA) is 66.1 Å². The highest BCUT2D eigenvalue weighted by atomic mass is 35.5. The second-order valence-corrected chi connectivity index (χ2v) is 4.77. The number of halogens is 1. The van der Waals surface area contributed by atoms with Gasteiger partial charge in [0, 0.05) is 24.5 Å². The minimum atomic E-state index is -0.309. The third-order valence-electron chi connectivity index (χ3n) is 3.21. The van der Waals surface area contributed by atoms with Crippen LogP contribution in [0.1, 0.15) is 36.2 Å². The molecule has 2 rings (SSSR count). The molecule has 0 bridgehead atoms. The number of hydrogen-bond acceptors (Lipinski definition) is 3. The molecule has 1 unspecified atom stereocenters. The largest absolute Gasteiger partial charge is 0.333 e. The molecule has 1 amide bonds. The lowest BCUT2D eigenvalue weighted by Gasteiger charge is -2.28. The normalized spacial score (nSPS) is 20.5. The maximum atomic E-state index is 12.3. The van der Waals surface area contributed by atoms with E-state index >= 15 is 0 Å². The van der Waals surface area contributed by atoms with Crippen molar-refractivity contribution >= 4 is 17.5 Å². The maximum Gasteiger partial charge on any atom is 0.274 e. The van der Waals surface area contributed by atoms with E-state index in [0.29, 0.717) is 12.4 Å². The van der Waals surface area contributed by atoms with Gasteiger partial charge < -0.3 is 4.90 Å². The molecule has 0 saturated carbocycles. The minimum Gasteiger partial charge on any atom is -0.333 e. The first-order valence-electron chi connectivity index (χ1n) is 6.15. The lowest BCUT2D eigenvalue weighted by molar-refractivity contribution is 0.0693. The Morgan fingerprint density at radius 3 is 2.94 bits per heavy atom. The van der Waals surface area contributed by atoms with Crippen LogP contribution in [0.25, 0.3) is 0 Å². The number of amides is 1. The minimum absolute atomic E-state index is 0.0652. The quantitative estimate of drug-likeness (QED) is 0.825. The summed E-state index contributed by atoms with van der Waals surface area (Å²) in [5.41, 5.74) is -0.0390. The van der Waals surface area contributed by atoms with Gasteiger partial charge in [0.1, 0.15) is 5.69 Å². The van der Waals surface area contributed by atoms with Gasteiger partial charge in [0.15, 0.2) is 0 Å². The van der Waals surface area contributed by atoms with E-state index in [1.54, 1.807) is 4.90 Å². The van der Waals surface area contributed by atoms with Crippen molar-refractivity contribution in [3.63, 3.8) is 0 Å². The Balaban J connectivity index is 2.19. The highest BCUT2D eigenvalue weighted by Crippen LogP contribution is 2.19. The zero-order valence-electron chi connectivity index (χ0n) is 10.1. The predicted octanol–water partition coefficient (Wildman–Crippen LogP) is 1.39. The molecule has 1 aliphatic heterocycles. The van der Waals surface area contributed by atoms with E-state index in [2.05, 4.69) is 10.2 Å². The molecule has 0 radical (unpaired) electrons. The lowest BCUT2D eigenvalue weighted by Crippen LogP contribution is -2.41. The van der Waals surface area contributed by atoms with Crippen LogP contribution in [0.5, 0.6) is 0 Å². The summed E-state index contributed by atoms with van der Waals surface area (Å²) in [5, 5.41) is 6.06. The van der Waals surface area contributed by atoms with Crippen LogP contribution in [-0.2, 0) is 0 Å². The molecule has 6 heteroatoms. The third-order valence-corrected chi connectivity index (χ3v) is 3.57. The number of nitrogens with zero attached hydrogens (tertiary/aromatic N) is 2. The van der Waals surface area contributed by atoms with E-state index in [9.17, 15) is 9.59 Å². The zero-order valence-corrected chi connectivity index (χ0v) is 10.8. The number of alkyl halides is 1. The van der Waals surface area contributed by atoms with Crippen molar-refractivity contribution in [3.05, 3.63) is 28.2 Å². The lowest BCUT2D eigenvalue weighted by atomic mass is 10.1. The molecular weight excluding hydrogens is 254 g/mol. The van der Waals surface area contributed by atoms with Crippen molar-refractivity contribution in [2.24, 2.45) is 0 Å². The Kier molecular flexibility index (Phi) is 4.36. The molecule has 1 aromatic heterocycles. The molecular formula is C12H16ClN3O2. The molecule has 1 N–H and O–H groups in total. The molecule has 5 nitrogen and oxygen atoms in total. The van der Waals surface area contributed by atoms with E-state index in [0.717, 1.165) is 25.7 Å². The Morgan fingerprint density at radius 1 is 1.44 bits per heavy atom. The molecule has 2 heterocycles. The fourth-order valence-corrected chi connectivity index (χ4v) is 2.54. The van der Waals surface area contributed by atoms with Crippen LogP contribution in [0.3, 0.4) is 0 Å². The van der Waals surface area contributed by atoms with E-state index < -0.39 is 0 Å². The van der Waals surface area contributed by atoms with Crippen LogP contribution in [0.15, 0.2) is 16.9 Å². The average Bonchev–Trinajstić information content (AvgIpc) is 2.63. The molecule has 1 fully saturated rings. The number of aromatic amines is 1. The van der Waals surface area contributed by atoms with E-state index in [-0.39, 0.29) is 23.2 Å². The van der Waals surface area contributed by atoms with Gasteiger partial charge in [-0.05, 0) is 18.9 Å². The summed E-state index contributed by atoms with van der Waals surface area (Å²) in [4.78, 5) is 25.0. The molecule has 98 valence electrons. The number of carbonyl (C=O) groups is 1. The number of rotatable bonds is 2. The van der Waals surface area contributed by atoms with E-state index in [1.165, 1.54) is 12.1 Å². The first-order valence-corrected chi connectivity index (χ1v) is 6.68. The van der Waals surface area contributed by atoms with Gasteiger partial charge in [-0.15, -0.1) is 11.6 Å². The number of H-pyrrole nitrogens is 1. The number of hydrogen-bond donors (Lipinski definition) is 1. The molecule has 0 spiro atoms. The second kappa shape index (κ2) is 6.00.